The lowest BCUT2D eigenvalue weighted by Crippen LogP contribution is -2.40. The van der Waals surface area contributed by atoms with E-state index < -0.39 is 5.82 Å². The second kappa shape index (κ2) is 4.34. The Hall–Kier alpha value is -2.01. The molecule has 2 heterocycles. The fourth-order valence-electron chi connectivity index (χ4n) is 2.03. The molecule has 0 bridgehead atoms. The number of hydrogen-bond donors (Lipinski definition) is 2. The van der Waals surface area contributed by atoms with E-state index >= 15 is 0 Å². The number of benzene rings is 1. The van der Waals surface area contributed by atoms with Gasteiger partial charge in [-0.25, -0.2) is 4.39 Å². The first-order valence-corrected chi connectivity index (χ1v) is 5.82. The molecule has 92 valence electrons. The van der Waals surface area contributed by atoms with Crippen LogP contribution >= 0.6 is 0 Å². The van der Waals surface area contributed by atoms with Crippen molar-refractivity contribution in [3.63, 3.8) is 0 Å². The molecule has 18 heavy (non-hydrogen) atoms. The van der Waals surface area contributed by atoms with Gasteiger partial charge in [-0.1, -0.05) is 6.07 Å². The van der Waals surface area contributed by atoms with Gasteiger partial charge in [0.15, 0.2) is 0 Å². The third kappa shape index (κ3) is 1.82. The first-order valence-electron chi connectivity index (χ1n) is 5.82. The largest absolute Gasteiger partial charge is 0.396 e. The molecule has 1 aliphatic heterocycles. The van der Waals surface area contributed by atoms with Crippen LogP contribution in [-0.4, -0.2) is 23.1 Å². The monoisotopic (exact) mass is 244 g/mol. The molecule has 3 rings (SSSR count). The van der Waals surface area contributed by atoms with E-state index in [0.29, 0.717) is 5.92 Å². The van der Waals surface area contributed by atoms with Gasteiger partial charge in [-0.3, -0.25) is 9.97 Å². The van der Waals surface area contributed by atoms with Gasteiger partial charge < -0.3 is 11.1 Å². The number of nitrogen functional groups attached to an aromatic ring is 1. The zero-order chi connectivity index (χ0) is 12.5. The van der Waals surface area contributed by atoms with E-state index in [-0.39, 0.29) is 5.69 Å². The topological polar surface area (TPSA) is 63.8 Å². The van der Waals surface area contributed by atoms with E-state index in [2.05, 4.69) is 15.3 Å². The highest BCUT2D eigenvalue weighted by atomic mass is 19.1. The molecule has 1 aromatic carbocycles. The van der Waals surface area contributed by atoms with Gasteiger partial charge in [-0.05, 0) is 12.1 Å². The predicted octanol–water partition coefficient (Wildman–Crippen LogP) is 1.55. The summed E-state index contributed by atoms with van der Waals surface area (Å²) in [6, 6.07) is 4.75. The van der Waals surface area contributed by atoms with Crippen LogP contribution in [0.3, 0.4) is 0 Å². The Bertz CT molecular complexity index is 581. The number of anilines is 1. The highest BCUT2D eigenvalue weighted by Crippen LogP contribution is 2.29. The third-order valence-corrected chi connectivity index (χ3v) is 3.17. The summed E-state index contributed by atoms with van der Waals surface area (Å²) in [6.07, 6.45) is 3.30. The van der Waals surface area contributed by atoms with Crippen molar-refractivity contribution in [2.45, 2.75) is 5.92 Å². The van der Waals surface area contributed by atoms with E-state index in [1.807, 2.05) is 0 Å². The van der Waals surface area contributed by atoms with Crippen LogP contribution in [0.15, 0.2) is 30.6 Å². The summed E-state index contributed by atoms with van der Waals surface area (Å²) in [5, 5.41) is 3.20. The van der Waals surface area contributed by atoms with Crippen molar-refractivity contribution in [3.05, 3.63) is 42.1 Å². The molecule has 1 aliphatic rings. The SMILES string of the molecule is Nc1ccc(-c2nccnc2C2CNC2)cc1F. The van der Waals surface area contributed by atoms with Gasteiger partial charge in [-0.15, -0.1) is 0 Å². The van der Waals surface area contributed by atoms with Crippen LogP contribution in [0.2, 0.25) is 0 Å². The molecule has 1 fully saturated rings. The van der Waals surface area contributed by atoms with Gasteiger partial charge in [0.1, 0.15) is 5.82 Å². The highest BCUT2D eigenvalue weighted by molar-refractivity contribution is 5.65. The van der Waals surface area contributed by atoms with Crippen LogP contribution in [0.4, 0.5) is 10.1 Å². The minimum Gasteiger partial charge on any atom is -0.396 e. The number of nitrogens with two attached hydrogens (primary N) is 1. The number of hydrogen-bond acceptors (Lipinski definition) is 4. The lowest BCUT2D eigenvalue weighted by Gasteiger charge is -2.27. The van der Waals surface area contributed by atoms with Crippen molar-refractivity contribution < 1.29 is 4.39 Å². The lowest BCUT2D eigenvalue weighted by atomic mass is 9.94. The number of aromatic nitrogens is 2. The molecule has 0 spiro atoms. The van der Waals surface area contributed by atoms with E-state index in [1.165, 1.54) is 6.07 Å². The molecule has 4 nitrogen and oxygen atoms in total. The molecule has 0 radical (unpaired) electrons. The molecule has 0 saturated carbocycles. The second-order valence-electron chi connectivity index (χ2n) is 4.38. The lowest BCUT2D eigenvalue weighted by molar-refractivity contribution is 0.439. The predicted molar refractivity (Wildman–Crippen MR) is 67.4 cm³/mol. The second-order valence-corrected chi connectivity index (χ2v) is 4.38. The number of nitrogens with one attached hydrogen (secondary N) is 1. The van der Waals surface area contributed by atoms with Crippen molar-refractivity contribution in [2.24, 2.45) is 0 Å². The van der Waals surface area contributed by atoms with Crippen molar-refractivity contribution in [1.29, 1.82) is 0 Å². The summed E-state index contributed by atoms with van der Waals surface area (Å²) in [7, 11) is 0. The summed E-state index contributed by atoms with van der Waals surface area (Å²) in [5.74, 6) is -0.0647. The van der Waals surface area contributed by atoms with Crippen molar-refractivity contribution in [3.8, 4) is 11.3 Å². The Kier molecular flexibility index (Phi) is 2.68. The minimum absolute atomic E-state index is 0.148. The van der Waals surface area contributed by atoms with Crippen molar-refractivity contribution >= 4 is 5.69 Å². The van der Waals surface area contributed by atoms with Crippen LogP contribution in [0.25, 0.3) is 11.3 Å². The maximum Gasteiger partial charge on any atom is 0.146 e. The van der Waals surface area contributed by atoms with E-state index in [9.17, 15) is 4.39 Å². The zero-order valence-electron chi connectivity index (χ0n) is 9.73. The fraction of sp³-hybridized carbons (Fsp3) is 0.231. The fourth-order valence-corrected chi connectivity index (χ4v) is 2.03. The van der Waals surface area contributed by atoms with Gasteiger partial charge in [0.05, 0.1) is 17.1 Å². The Morgan fingerprint density at radius 2 is 2.00 bits per heavy atom. The Morgan fingerprint density at radius 1 is 1.22 bits per heavy atom. The standard InChI is InChI=1S/C13H13FN4/c14-10-5-8(1-2-11(10)15)12-13(9-6-16-7-9)18-4-3-17-12/h1-5,9,16H,6-7,15H2. The van der Waals surface area contributed by atoms with Crippen LogP contribution < -0.4 is 11.1 Å². The summed E-state index contributed by atoms with van der Waals surface area (Å²) < 4.78 is 13.5. The minimum atomic E-state index is -0.421. The van der Waals surface area contributed by atoms with Crippen LogP contribution in [0.1, 0.15) is 11.6 Å². The molecular weight excluding hydrogens is 231 g/mol. The average Bonchev–Trinajstić information content (AvgIpc) is 2.31. The third-order valence-electron chi connectivity index (χ3n) is 3.17. The van der Waals surface area contributed by atoms with E-state index in [4.69, 9.17) is 5.73 Å². The zero-order valence-corrected chi connectivity index (χ0v) is 9.73. The molecule has 0 unspecified atom stereocenters. The number of nitrogens with zero attached hydrogens (tertiary/aromatic N) is 2. The molecule has 5 heteroatoms. The van der Waals surface area contributed by atoms with Crippen LogP contribution in [0.5, 0.6) is 0 Å². The molecule has 3 N–H and O–H groups in total. The molecule has 2 aromatic rings. The van der Waals surface area contributed by atoms with Gasteiger partial charge in [0.25, 0.3) is 0 Å². The van der Waals surface area contributed by atoms with Gasteiger partial charge in [0, 0.05) is 37.0 Å². The van der Waals surface area contributed by atoms with Crippen molar-refractivity contribution in [1.82, 2.24) is 15.3 Å². The Balaban J connectivity index is 2.07. The molecule has 0 aliphatic carbocycles. The average molecular weight is 244 g/mol. The molecule has 0 atom stereocenters. The van der Waals surface area contributed by atoms with Gasteiger partial charge in [-0.2, -0.15) is 0 Å². The Morgan fingerprint density at radius 3 is 2.67 bits per heavy atom. The maximum atomic E-state index is 13.5. The summed E-state index contributed by atoms with van der Waals surface area (Å²) in [5.41, 5.74) is 8.00. The number of halogens is 1. The summed E-state index contributed by atoms with van der Waals surface area (Å²) in [6.45, 7) is 1.78. The maximum absolute atomic E-state index is 13.5. The van der Waals surface area contributed by atoms with Crippen LogP contribution in [0, 0.1) is 5.82 Å². The van der Waals surface area contributed by atoms with E-state index in [0.717, 1.165) is 30.0 Å². The number of rotatable bonds is 2. The first kappa shape index (κ1) is 11.1. The molecule has 1 aromatic heterocycles. The molecule has 1 saturated heterocycles. The van der Waals surface area contributed by atoms with Crippen molar-refractivity contribution in [2.75, 3.05) is 18.8 Å². The summed E-state index contributed by atoms with van der Waals surface area (Å²) >= 11 is 0. The first-order chi connectivity index (χ1) is 8.75. The quantitative estimate of drug-likeness (QED) is 0.787. The van der Waals surface area contributed by atoms with E-state index in [1.54, 1.807) is 24.5 Å². The van der Waals surface area contributed by atoms with Crippen LogP contribution in [-0.2, 0) is 0 Å². The molecular formula is C13H13FN4. The molecule has 0 amide bonds. The van der Waals surface area contributed by atoms with Gasteiger partial charge >= 0.3 is 0 Å². The Labute approximate surface area is 104 Å². The summed E-state index contributed by atoms with van der Waals surface area (Å²) in [4.78, 5) is 8.70. The smallest absolute Gasteiger partial charge is 0.146 e. The normalized spacial score (nSPS) is 15.4. The van der Waals surface area contributed by atoms with Gasteiger partial charge in [0.2, 0.25) is 0 Å². The highest BCUT2D eigenvalue weighted by Gasteiger charge is 2.24.